The highest BCUT2D eigenvalue weighted by Crippen LogP contribution is 2.33. The minimum absolute atomic E-state index is 0.664. The fraction of sp³-hybridized carbons (Fsp3) is 0.0769. The molecule has 2 rings (SSSR count). The van der Waals surface area contributed by atoms with Gasteiger partial charge in [-0.1, -0.05) is 45.7 Å². The van der Waals surface area contributed by atoms with Crippen molar-refractivity contribution in [1.82, 2.24) is 0 Å². The van der Waals surface area contributed by atoms with E-state index < -0.39 is 0 Å². The molecule has 0 saturated heterocycles. The summed E-state index contributed by atoms with van der Waals surface area (Å²) in [6, 6.07) is 13.3. The van der Waals surface area contributed by atoms with Crippen LogP contribution in [-0.4, -0.2) is 0 Å². The highest BCUT2D eigenvalue weighted by Gasteiger charge is 2.07. The van der Waals surface area contributed by atoms with Crippen molar-refractivity contribution in [2.45, 2.75) is 5.33 Å². The summed E-state index contributed by atoms with van der Waals surface area (Å²) in [6.45, 7) is 0. The maximum Gasteiger partial charge on any atom is 0.141 e. The molecule has 0 aliphatic carbocycles. The number of hydrogen-bond acceptors (Lipinski definition) is 1. The normalized spacial score (nSPS) is 10.3. The predicted molar refractivity (Wildman–Crippen MR) is 78.3 cm³/mol. The number of halogens is 3. The minimum Gasteiger partial charge on any atom is -0.456 e. The van der Waals surface area contributed by atoms with Crippen molar-refractivity contribution in [3.8, 4) is 11.5 Å². The van der Waals surface area contributed by atoms with Crippen LogP contribution in [0.15, 0.2) is 46.9 Å². The summed E-state index contributed by atoms with van der Waals surface area (Å²) in [5.41, 5.74) is 1.06. The first-order chi connectivity index (χ1) is 8.20. The third kappa shape index (κ3) is 3.24. The highest BCUT2D eigenvalue weighted by atomic mass is 79.9. The van der Waals surface area contributed by atoms with Crippen molar-refractivity contribution >= 4 is 43.5 Å². The second-order valence-corrected chi connectivity index (χ2v) is 5.27. The summed E-state index contributed by atoms with van der Waals surface area (Å²) < 4.78 is 6.77. The second-order valence-electron chi connectivity index (χ2n) is 3.42. The van der Waals surface area contributed by atoms with Gasteiger partial charge in [-0.2, -0.15) is 0 Å². The van der Waals surface area contributed by atoms with Gasteiger partial charge in [-0.3, -0.25) is 0 Å². The van der Waals surface area contributed by atoms with Crippen LogP contribution < -0.4 is 4.74 Å². The van der Waals surface area contributed by atoms with E-state index >= 15 is 0 Å². The second kappa shape index (κ2) is 5.89. The maximum atomic E-state index is 5.97. The van der Waals surface area contributed by atoms with Crippen molar-refractivity contribution in [2.24, 2.45) is 0 Å². The van der Waals surface area contributed by atoms with Crippen molar-refractivity contribution < 1.29 is 4.74 Å². The van der Waals surface area contributed by atoms with Crippen molar-refractivity contribution in [3.05, 3.63) is 57.5 Å². The van der Waals surface area contributed by atoms with Crippen molar-refractivity contribution in [1.29, 1.82) is 0 Å². The molecular weight excluding hydrogens is 367 g/mol. The lowest BCUT2D eigenvalue weighted by atomic mass is 10.2. The molecule has 0 aliphatic rings. The van der Waals surface area contributed by atoms with Crippen LogP contribution in [0.5, 0.6) is 11.5 Å². The lowest BCUT2D eigenvalue weighted by Crippen LogP contribution is -1.90. The maximum absolute atomic E-state index is 5.97. The Kier molecular flexibility index (Phi) is 4.48. The van der Waals surface area contributed by atoms with Gasteiger partial charge in [0, 0.05) is 15.9 Å². The fourth-order valence-corrected chi connectivity index (χ4v) is 2.37. The van der Waals surface area contributed by atoms with Gasteiger partial charge >= 0.3 is 0 Å². The average molecular weight is 376 g/mol. The van der Waals surface area contributed by atoms with Crippen LogP contribution in [-0.2, 0) is 5.33 Å². The number of hydrogen-bond donors (Lipinski definition) is 0. The van der Waals surface area contributed by atoms with Crippen LogP contribution in [0.1, 0.15) is 5.56 Å². The van der Waals surface area contributed by atoms with Gasteiger partial charge < -0.3 is 4.74 Å². The Morgan fingerprint density at radius 1 is 1.06 bits per heavy atom. The quantitative estimate of drug-likeness (QED) is 0.616. The number of benzene rings is 2. The van der Waals surface area contributed by atoms with Gasteiger partial charge in [0.15, 0.2) is 0 Å². The zero-order valence-electron chi connectivity index (χ0n) is 8.79. The van der Waals surface area contributed by atoms with E-state index in [-0.39, 0.29) is 0 Å². The van der Waals surface area contributed by atoms with Gasteiger partial charge in [0.05, 0.1) is 4.47 Å². The molecule has 0 atom stereocenters. The van der Waals surface area contributed by atoms with Crippen LogP contribution in [0.3, 0.4) is 0 Å². The Morgan fingerprint density at radius 3 is 2.53 bits per heavy atom. The highest BCUT2D eigenvalue weighted by molar-refractivity contribution is 9.10. The topological polar surface area (TPSA) is 9.23 Å². The molecule has 0 unspecified atom stereocenters. The van der Waals surface area contributed by atoms with E-state index in [1.54, 1.807) is 0 Å². The summed E-state index contributed by atoms with van der Waals surface area (Å²) in [4.78, 5) is 0. The van der Waals surface area contributed by atoms with E-state index in [1.165, 1.54) is 0 Å². The van der Waals surface area contributed by atoms with Crippen LogP contribution >= 0.6 is 43.5 Å². The molecule has 0 bridgehead atoms. The zero-order valence-corrected chi connectivity index (χ0v) is 12.7. The minimum atomic E-state index is 0.664. The van der Waals surface area contributed by atoms with Crippen LogP contribution in [0.4, 0.5) is 0 Å². The molecule has 17 heavy (non-hydrogen) atoms. The summed E-state index contributed by atoms with van der Waals surface area (Å²) in [6.07, 6.45) is 0. The van der Waals surface area contributed by atoms with Gasteiger partial charge in [-0.25, -0.2) is 0 Å². The Morgan fingerprint density at radius 2 is 1.82 bits per heavy atom. The van der Waals surface area contributed by atoms with Crippen molar-refractivity contribution in [3.63, 3.8) is 0 Å². The third-order valence-electron chi connectivity index (χ3n) is 2.23. The standard InChI is InChI=1S/C13H9Br2ClO/c14-8-9-5-6-10(16)7-13(9)17-12-4-2-1-3-11(12)15/h1-7H,8H2. The average Bonchev–Trinajstić information content (AvgIpc) is 2.32. The Hall–Kier alpha value is -0.510. The lowest BCUT2D eigenvalue weighted by Gasteiger charge is -2.11. The number of rotatable bonds is 3. The van der Waals surface area contributed by atoms with Gasteiger partial charge in [0.2, 0.25) is 0 Å². The van der Waals surface area contributed by atoms with Crippen LogP contribution in [0.25, 0.3) is 0 Å². The first-order valence-electron chi connectivity index (χ1n) is 4.97. The van der Waals surface area contributed by atoms with Crippen molar-refractivity contribution in [2.75, 3.05) is 0 Å². The lowest BCUT2D eigenvalue weighted by molar-refractivity contribution is 0.475. The van der Waals surface area contributed by atoms with E-state index in [0.29, 0.717) is 5.02 Å². The van der Waals surface area contributed by atoms with Gasteiger partial charge in [0.1, 0.15) is 11.5 Å². The van der Waals surface area contributed by atoms with E-state index in [1.807, 2.05) is 42.5 Å². The Bertz CT molecular complexity index is 529. The first-order valence-corrected chi connectivity index (χ1v) is 7.26. The molecule has 0 aromatic heterocycles. The molecule has 88 valence electrons. The Labute approximate surface area is 122 Å². The molecule has 0 heterocycles. The number of para-hydroxylation sites is 1. The molecule has 1 nitrogen and oxygen atoms in total. The third-order valence-corrected chi connectivity index (χ3v) is 3.72. The van der Waals surface area contributed by atoms with E-state index in [9.17, 15) is 0 Å². The van der Waals surface area contributed by atoms with E-state index in [4.69, 9.17) is 16.3 Å². The van der Waals surface area contributed by atoms with E-state index in [0.717, 1.165) is 26.9 Å². The molecular formula is C13H9Br2ClO. The largest absolute Gasteiger partial charge is 0.456 e. The molecule has 2 aromatic rings. The molecule has 4 heteroatoms. The summed E-state index contributed by atoms with van der Waals surface area (Å²) in [5.74, 6) is 1.54. The fourth-order valence-electron chi connectivity index (χ4n) is 1.38. The van der Waals surface area contributed by atoms with E-state index in [2.05, 4.69) is 31.9 Å². The molecule has 0 amide bonds. The molecule has 0 aliphatic heterocycles. The Balaban J connectivity index is 2.35. The predicted octanol–water partition coefficient (Wildman–Crippen LogP) is 5.79. The molecule has 0 N–H and O–H groups in total. The summed E-state index contributed by atoms with van der Waals surface area (Å²) in [5, 5.41) is 1.39. The molecule has 0 radical (unpaired) electrons. The van der Waals surface area contributed by atoms with Crippen LogP contribution in [0.2, 0.25) is 5.02 Å². The van der Waals surface area contributed by atoms with Crippen LogP contribution in [0, 0.1) is 0 Å². The smallest absolute Gasteiger partial charge is 0.141 e. The number of alkyl halides is 1. The molecule has 0 spiro atoms. The SMILES string of the molecule is Clc1ccc(CBr)c(Oc2ccccc2Br)c1. The van der Waals surface area contributed by atoms with Gasteiger partial charge in [-0.15, -0.1) is 0 Å². The molecule has 0 saturated carbocycles. The summed E-state index contributed by atoms with van der Waals surface area (Å²) in [7, 11) is 0. The zero-order chi connectivity index (χ0) is 12.3. The van der Waals surface area contributed by atoms with Gasteiger partial charge in [-0.05, 0) is 40.2 Å². The number of ether oxygens (including phenoxy) is 1. The molecule has 0 fully saturated rings. The summed E-state index contributed by atoms with van der Waals surface area (Å²) >= 11 is 12.9. The van der Waals surface area contributed by atoms with Gasteiger partial charge in [0.25, 0.3) is 0 Å². The molecule has 2 aromatic carbocycles. The monoisotopic (exact) mass is 374 g/mol. The first kappa shape index (κ1) is 12.9.